The number of ether oxygens (including phenoxy) is 1. The molecule has 0 radical (unpaired) electrons. The van der Waals surface area contributed by atoms with Gasteiger partial charge in [-0.3, -0.25) is 4.79 Å². The molecule has 8 heteroatoms. The molecule has 0 unspecified atom stereocenters. The molecule has 152 valence electrons. The molecule has 0 aliphatic heterocycles. The predicted molar refractivity (Wildman–Crippen MR) is 107 cm³/mol. The van der Waals surface area contributed by atoms with Crippen molar-refractivity contribution in [1.29, 1.82) is 0 Å². The monoisotopic (exact) mass is 416 g/mol. The topological polar surface area (TPSA) is 75.7 Å². The lowest BCUT2D eigenvalue weighted by Gasteiger charge is -2.33. The molecule has 0 saturated heterocycles. The summed E-state index contributed by atoms with van der Waals surface area (Å²) in [5, 5.41) is 3.09. The number of nitrogens with one attached hydrogen (secondary N) is 1. The number of hydrogen-bond acceptors (Lipinski definition) is 4. The third-order valence-corrected chi connectivity index (χ3v) is 7.22. The van der Waals surface area contributed by atoms with Gasteiger partial charge in [0.2, 0.25) is 15.9 Å². The molecule has 1 amide bonds. The fourth-order valence-electron chi connectivity index (χ4n) is 3.29. The van der Waals surface area contributed by atoms with Crippen molar-refractivity contribution in [1.82, 2.24) is 9.62 Å². The van der Waals surface area contributed by atoms with Crippen LogP contribution in [-0.4, -0.2) is 44.4 Å². The summed E-state index contributed by atoms with van der Waals surface area (Å²) in [7, 11) is -2.38. The maximum atomic E-state index is 13.3. The van der Waals surface area contributed by atoms with E-state index in [9.17, 15) is 13.2 Å². The molecule has 2 rings (SSSR count). The highest BCUT2D eigenvalue weighted by Gasteiger charge is 2.34. The smallest absolute Gasteiger partial charge is 0.243 e. The second kappa shape index (κ2) is 9.75. The summed E-state index contributed by atoms with van der Waals surface area (Å²) in [6.45, 7) is 3.70. The van der Waals surface area contributed by atoms with Gasteiger partial charge in [-0.05, 0) is 44.4 Å². The van der Waals surface area contributed by atoms with Gasteiger partial charge in [0.25, 0.3) is 0 Å². The van der Waals surface area contributed by atoms with Gasteiger partial charge in [0, 0.05) is 12.1 Å². The molecule has 1 aromatic rings. The van der Waals surface area contributed by atoms with E-state index < -0.39 is 10.0 Å². The van der Waals surface area contributed by atoms with Crippen LogP contribution in [-0.2, 0) is 14.8 Å². The molecular weight excluding hydrogens is 388 g/mol. The SMILES string of the molecule is CC[C@H](C)NC(=O)CN(C1CCCCC1)S(=O)(=O)c1ccc(OC)c(Cl)c1. The first-order chi connectivity index (χ1) is 12.8. The van der Waals surface area contributed by atoms with Crippen molar-refractivity contribution in [2.24, 2.45) is 0 Å². The largest absolute Gasteiger partial charge is 0.495 e. The first kappa shape index (κ1) is 22.0. The highest BCUT2D eigenvalue weighted by molar-refractivity contribution is 7.89. The minimum absolute atomic E-state index is 0.00356. The van der Waals surface area contributed by atoms with Crippen LogP contribution in [0.2, 0.25) is 5.02 Å². The van der Waals surface area contributed by atoms with E-state index in [1.807, 2.05) is 13.8 Å². The molecule has 0 bridgehead atoms. The van der Waals surface area contributed by atoms with E-state index in [1.165, 1.54) is 29.6 Å². The van der Waals surface area contributed by atoms with E-state index in [4.69, 9.17) is 16.3 Å². The lowest BCUT2D eigenvalue weighted by Crippen LogP contribution is -2.48. The van der Waals surface area contributed by atoms with E-state index >= 15 is 0 Å². The van der Waals surface area contributed by atoms with Crippen LogP contribution in [0.15, 0.2) is 23.1 Å². The first-order valence-electron chi connectivity index (χ1n) is 9.44. The molecule has 1 fully saturated rings. The van der Waals surface area contributed by atoms with E-state index in [0.29, 0.717) is 5.75 Å². The quantitative estimate of drug-likeness (QED) is 0.702. The van der Waals surface area contributed by atoms with Crippen LogP contribution in [0.5, 0.6) is 5.75 Å². The van der Waals surface area contributed by atoms with E-state index in [0.717, 1.165) is 38.5 Å². The van der Waals surface area contributed by atoms with Crippen LogP contribution in [0.1, 0.15) is 52.4 Å². The second-order valence-electron chi connectivity index (χ2n) is 7.02. The zero-order chi connectivity index (χ0) is 20.0. The Morgan fingerprint density at radius 3 is 2.56 bits per heavy atom. The molecule has 1 saturated carbocycles. The molecule has 1 N–H and O–H groups in total. The fraction of sp³-hybridized carbons (Fsp3) is 0.632. The molecule has 0 spiro atoms. The van der Waals surface area contributed by atoms with Gasteiger partial charge in [-0.2, -0.15) is 4.31 Å². The third kappa shape index (κ3) is 5.59. The Bertz CT molecular complexity index is 748. The standard InChI is InChI=1S/C19H29ClN2O4S/c1-4-14(2)21-19(23)13-22(15-8-6-5-7-9-15)27(24,25)16-10-11-18(26-3)17(20)12-16/h10-12,14-15H,4-9,13H2,1-3H3,(H,21,23)/t14-/m0/s1. The van der Waals surface area contributed by atoms with Crippen molar-refractivity contribution in [2.45, 2.75) is 69.4 Å². The third-order valence-electron chi connectivity index (χ3n) is 5.03. The number of sulfonamides is 1. The van der Waals surface area contributed by atoms with Gasteiger partial charge in [0.05, 0.1) is 23.6 Å². The van der Waals surface area contributed by atoms with Crippen LogP contribution >= 0.6 is 11.6 Å². The summed E-state index contributed by atoms with van der Waals surface area (Å²) < 4.78 is 33.1. The minimum atomic E-state index is -3.85. The van der Waals surface area contributed by atoms with E-state index in [-0.39, 0.29) is 34.5 Å². The van der Waals surface area contributed by atoms with Crippen molar-refractivity contribution in [3.05, 3.63) is 23.2 Å². The van der Waals surface area contributed by atoms with Crippen LogP contribution in [0.3, 0.4) is 0 Å². The summed E-state index contributed by atoms with van der Waals surface area (Å²) in [5.74, 6) is 0.132. The number of hydrogen-bond donors (Lipinski definition) is 1. The highest BCUT2D eigenvalue weighted by Crippen LogP contribution is 2.31. The Kier molecular flexibility index (Phi) is 7.94. The maximum absolute atomic E-state index is 13.3. The van der Waals surface area contributed by atoms with Gasteiger partial charge in [0.1, 0.15) is 5.75 Å². The summed E-state index contributed by atoms with van der Waals surface area (Å²) in [5.41, 5.74) is 0. The number of halogens is 1. The molecule has 1 atom stereocenters. The Morgan fingerprint density at radius 2 is 2.00 bits per heavy atom. The number of carbonyl (C=O) groups excluding carboxylic acids is 1. The Morgan fingerprint density at radius 1 is 1.33 bits per heavy atom. The van der Waals surface area contributed by atoms with Gasteiger partial charge in [0.15, 0.2) is 0 Å². The molecule has 0 aromatic heterocycles. The Hall–Kier alpha value is -1.31. The second-order valence-corrected chi connectivity index (χ2v) is 9.31. The summed E-state index contributed by atoms with van der Waals surface area (Å²) in [4.78, 5) is 12.5. The number of methoxy groups -OCH3 is 1. The number of benzene rings is 1. The number of nitrogens with zero attached hydrogens (tertiary/aromatic N) is 1. The molecule has 1 aliphatic carbocycles. The fourth-order valence-corrected chi connectivity index (χ4v) is 5.28. The van der Waals surface area contributed by atoms with Crippen molar-refractivity contribution < 1.29 is 17.9 Å². The summed E-state index contributed by atoms with van der Waals surface area (Å²) in [6.07, 6.45) is 5.34. The number of rotatable bonds is 8. The van der Waals surface area contributed by atoms with Crippen molar-refractivity contribution >= 4 is 27.5 Å². The van der Waals surface area contributed by atoms with Gasteiger partial charge in [-0.25, -0.2) is 8.42 Å². The number of carbonyl (C=O) groups is 1. The summed E-state index contributed by atoms with van der Waals surface area (Å²) in [6, 6.07) is 4.23. The van der Waals surface area contributed by atoms with Crippen LogP contribution in [0.25, 0.3) is 0 Å². The average molecular weight is 417 g/mol. The van der Waals surface area contributed by atoms with Gasteiger partial charge in [-0.1, -0.05) is 37.8 Å². The van der Waals surface area contributed by atoms with E-state index in [2.05, 4.69) is 5.32 Å². The maximum Gasteiger partial charge on any atom is 0.243 e. The minimum Gasteiger partial charge on any atom is -0.495 e. The van der Waals surface area contributed by atoms with E-state index in [1.54, 1.807) is 0 Å². The zero-order valence-corrected chi connectivity index (χ0v) is 17.8. The Labute approximate surface area is 167 Å². The normalized spacial score (nSPS) is 16.9. The van der Waals surface area contributed by atoms with Crippen molar-refractivity contribution in [3.63, 3.8) is 0 Å². The van der Waals surface area contributed by atoms with Crippen LogP contribution < -0.4 is 10.1 Å². The predicted octanol–water partition coefficient (Wildman–Crippen LogP) is 3.59. The molecule has 6 nitrogen and oxygen atoms in total. The number of amides is 1. The van der Waals surface area contributed by atoms with Gasteiger partial charge in [-0.15, -0.1) is 0 Å². The highest BCUT2D eigenvalue weighted by atomic mass is 35.5. The van der Waals surface area contributed by atoms with Gasteiger partial charge < -0.3 is 10.1 Å². The average Bonchev–Trinajstić information content (AvgIpc) is 2.66. The molecule has 1 aliphatic rings. The molecular formula is C19H29ClN2O4S. The lowest BCUT2D eigenvalue weighted by atomic mass is 9.95. The van der Waals surface area contributed by atoms with Crippen molar-refractivity contribution in [2.75, 3.05) is 13.7 Å². The lowest BCUT2D eigenvalue weighted by molar-refractivity contribution is -0.122. The first-order valence-corrected chi connectivity index (χ1v) is 11.3. The van der Waals surface area contributed by atoms with Crippen molar-refractivity contribution in [3.8, 4) is 5.75 Å². The Balaban J connectivity index is 2.32. The zero-order valence-electron chi connectivity index (χ0n) is 16.2. The summed E-state index contributed by atoms with van der Waals surface area (Å²) >= 11 is 6.13. The van der Waals surface area contributed by atoms with Crippen LogP contribution in [0.4, 0.5) is 0 Å². The molecule has 27 heavy (non-hydrogen) atoms. The van der Waals surface area contributed by atoms with Gasteiger partial charge >= 0.3 is 0 Å². The molecule has 0 heterocycles. The van der Waals surface area contributed by atoms with Crippen LogP contribution in [0, 0.1) is 0 Å². The molecule has 1 aromatic carbocycles.